The Morgan fingerprint density at radius 3 is 2.88 bits per heavy atom. The first-order valence-corrected chi connectivity index (χ1v) is 6.35. The minimum absolute atomic E-state index is 0.0382. The van der Waals surface area contributed by atoms with Crippen LogP contribution >= 0.6 is 11.6 Å². The molecule has 1 fully saturated rings. The van der Waals surface area contributed by atoms with Crippen LogP contribution in [0.15, 0.2) is 24.3 Å². The number of carbonyl (C=O) groups is 1. The van der Waals surface area contributed by atoms with Crippen molar-refractivity contribution in [3.8, 4) is 0 Å². The van der Waals surface area contributed by atoms with E-state index in [0.717, 1.165) is 19.3 Å². The van der Waals surface area contributed by atoms with Crippen molar-refractivity contribution in [1.82, 2.24) is 0 Å². The minimum atomic E-state index is 0.0382. The molecule has 4 heteroatoms. The lowest BCUT2D eigenvalue weighted by molar-refractivity contribution is -0.120. The van der Waals surface area contributed by atoms with Crippen molar-refractivity contribution in [2.75, 3.05) is 11.9 Å². The zero-order valence-electron chi connectivity index (χ0n) is 9.66. The fourth-order valence-corrected chi connectivity index (χ4v) is 2.64. The number of nitrogens with two attached hydrogens (primary N) is 1. The maximum atomic E-state index is 12.1. The van der Waals surface area contributed by atoms with Gasteiger partial charge in [0.15, 0.2) is 0 Å². The summed E-state index contributed by atoms with van der Waals surface area (Å²) in [6, 6.07) is 7.28. The lowest BCUT2D eigenvalue weighted by Crippen LogP contribution is -2.29. The Labute approximate surface area is 106 Å². The Kier molecular flexibility index (Phi) is 4.02. The number of hydrogen-bond acceptors (Lipinski definition) is 2. The van der Waals surface area contributed by atoms with Crippen LogP contribution in [-0.4, -0.2) is 12.5 Å². The van der Waals surface area contributed by atoms with Crippen molar-refractivity contribution in [2.45, 2.75) is 19.3 Å². The molecule has 0 unspecified atom stereocenters. The average molecular weight is 253 g/mol. The van der Waals surface area contributed by atoms with E-state index in [1.165, 1.54) is 0 Å². The number of carbonyl (C=O) groups excluding carboxylic acids is 1. The normalized spacial score (nSPS) is 23.6. The van der Waals surface area contributed by atoms with Gasteiger partial charge in [-0.15, -0.1) is 0 Å². The highest BCUT2D eigenvalue weighted by molar-refractivity contribution is 6.33. The topological polar surface area (TPSA) is 55.1 Å². The van der Waals surface area contributed by atoms with Crippen LogP contribution in [0.1, 0.15) is 19.3 Å². The predicted molar refractivity (Wildman–Crippen MR) is 70.0 cm³/mol. The highest BCUT2D eigenvalue weighted by Crippen LogP contribution is 2.32. The van der Waals surface area contributed by atoms with Gasteiger partial charge in [0.05, 0.1) is 10.7 Å². The van der Waals surface area contributed by atoms with Crippen molar-refractivity contribution in [3.63, 3.8) is 0 Å². The van der Waals surface area contributed by atoms with E-state index in [0.29, 0.717) is 23.2 Å². The third-order valence-electron chi connectivity index (χ3n) is 3.43. The molecular formula is C13H17ClN2O. The third-order valence-corrected chi connectivity index (χ3v) is 3.76. The average Bonchev–Trinajstić information content (AvgIpc) is 2.80. The first kappa shape index (κ1) is 12.4. The molecule has 0 saturated heterocycles. The van der Waals surface area contributed by atoms with Crippen LogP contribution in [-0.2, 0) is 4.79 Å². The molecule has 1 aromatic rings. The fourth-order valence-electron chi connectivity index (χ4n) is 2.45. The smallest absolute Gasteiger partial charge is 0.227 e. The van der Waals surface area contributed by atoms with Crippen LogP contribution < -0.4 is 11.1 Å². The van der Waals surface area contributed by atoms with Crippen LogP contribution in [0.25, 0.3) is 0 Å². The van der Waals surface area contributed by atoms with E-state index in [1.54, 1.807) is 6.07 Å². The zero-order chi connectivity index (χ0) is 12.3. The summed E-state index contributed by atoms with van der Waals surface area (Å²) in [6.07, 6.45) is 3.07. The van der Waals surface area contributed by atoms with Gasteiger partial charge < -0.3 is 11.1 Å². The summed E-state index contributed by atoms with van der Waals surface area (Å²) in [5.74, 6) is 0.403. The van der Waals surface area contributed by atoms with Gasteiger partial charge in [0.1, 0.15) is 0 Å². The van der Waals surface area contributed by atoms with E-state index in [2.05, 4.69) is 5.32 Å². The molecule has 0 aromatic heterocycles. The maximum absolute atomic E-state index is 12.1. The number of nitrogens with one attached hydrogen (secondary N) is 1. The zero-order valence-corrected chi connectivity index (χ0v) is 10.4. The summed E-state index contributed by atoms with van der Waals surface area (Å²) in [5, 5.41) is 3.46. The molecule has 2 rings (SSSR count). The number of anilines is 1. The number of amides is 1. The highest BCUT2D eigenvalue weighted by atomic mass is 35.5. The third kappa shape index (κ3) is 2.79. The van der Waals surface area contributed by atoms with Gasteiger partial charge in [-0.25, -0.2) is 0 Å². The molecule has 1 aliphatic carbocycles. The van der Waals surface area contributed by atoms with E-state index < -0.39 is 0 Å². The van der Waals surface area contributed by atoms with E-state index >= 15 is 0 Å². The Balaban J connectivity index is 2.04. The van der Waals surface area contributed by atoms with E-state index in [1.807, 2.05) is 18.2 Å². The van der Waals surface area contributed by atoms with Crippen LogP contribution in [0.4, 0.5) is 5.69 Å². The van der Waals surface area contributed by atoms with Crippen LogP contribution in [0.5, 0.6) is 0 Å². The standard InChI is InChI=1S/C13H17ClN2O/c14-11-6-1-2-7-12(11)16-13(17)10-5-3-4-9(10)8-15/h1-2,6-7,9-10H,3-5,8,15H2,(H,16,17)/t9-,10-/m1/s1. The Bertz CT molecular complexity index is 408. The van der Waals surface area contributed by atoms with Gasteiger partial charge in [-0.3, -0.25) is 4.79 Å². The van der Waals surface area contributed by atoms with Crippen molar-refractivity contribution >= 4 is 23.2 Å². The second-order valence-electron chi connectivity index (χ2n) is 4.50. The van der Waals surface area contributed by atoms with Crippen molar-refractivity contribution in [2.24, 2.45) is 17.6 Å². The van der Waals surface area contributed by atoms with Crippen molar-refractivity contribution < 1.29 is 4.79 Å². The summed E-state index contributed by atoms with van der Waals surface area (Å²) >= 11 is 6.01. The second kappa shape index (κ2) is 5.52. The summed E-state index contributed by atoms with van der Waals surface area (Å²) in [4.78, 5) is 12.1. The van der Waals surface area contributed by atoms with Gasteiger partial charge in [-0.1, -0.05) is 30.2 Å². The minimum Gasteiger partial charge on any atom is -0.330 e. The molecule has 2 atom stereocenters. The Hall–Kier alpha value is -1.06. The van der Waals surface area contributed by atoms with Gasteiger partial charge in [0, 0.05) is 5.92 Å². The number of benzene rings is 1. The molecular weight excluding hydrogens is 236 g/mol. The van der Waals surface area contributed by atoms with Gasteiger partial charge in [0.2, 0.25) is 5.91 Å². The summed E-state index contributed by atoms with van der Waals surface area (Å²) in [6.45, 7) is 0.584. The maximum Gasteiger partial charge on any atom is 0.227 e. The highest BCUT2D eigenvalue weighted by Gasteiger charge is 2.31. The lowest BCUT2D eigenvalue weighted by atomic mass is 9.95. The molecule has 1 amide bonds. The summed E-state index contributed by atoms with van der Waals surface area (Å²) in [5.41, 5.74) is 6.36. The lowest BCUT2D eigenvalue weighted by Gasteiger charge is -2.17. The molecule has 0 bridgehead atoms. The van der Waals surface area contributed by atoms with Crippen molar-refractivity contribution in [3.05, 3.63) is 29.3 Å². The molecule has 0 radical (unpaired) electrons. The van der Waals surface area contributed by atoms with Gasteiger partial charge in [-0.05, 0) is 37.4 Å². The predicted octanol–water partition coefficient (Wildman–Crippen LogP) is 2.65. The molecule has 92 valence electrons. The van der Waals surface area contributed by atoms with Gasteiger partial charge in [0.25, 0.3) is 0 Å². The Morgan fingerprint density at radius 2 is 2.18 bits per heavy atom. The quantitative estimate of drug-likeness (QED) is 0.869. The second-order valence-corrected chi connectivity index (χ2v) is 4.91. The Morgan fingerprint density at radius 1 is 1.41 bits per heavy atom. The molecule has 0 heterocycles. The van der Waals surface area contributed by atoms with Gasteiger partial charge >= 0.3 is 0 Å². The number of halogens is 1. The fraction of sp³-hybridized carbons (Fsp3) is 0.462. The molecule has 3 N–H and O–H groups in total. The number of hydrogen-bond donors (Lipinski definition) is 2. The van der Waals surface area contributed by atoms with E-state index in [-0.39, 0.29) is 11.8 Å². The van der Waals surface area contributed by atoms with Crippen molar-refractivity contribution in [1.29, 1.82) is 0 Å². The molecule has 17 heavy (non-hydrogen) atoms. The molecule has 0 aliphatic heterocycles. The largest absolute Gasteiger partial charge is 0.330 e. The molecule has 1 saturated carbocycles. The van der Waals surface area contributed by atoms with E-state index in [9.17, 15) is 4.79 Å². The first-order chi connectivity index (χ1) is 8.22. The van der Waals surface area contributed by atoms with E-state index in [4.69, 9.17) is 17.3 Å². The molecule has 1 aliphatic rings. The first-order valence-electron chi connectivity index (χ1n) is 5.98. The number of rotatable bonds is 3. The molecule has 1 aromatic carbocycles. The van der Waals surface area contributed by atoms with Crippen LogP contribution in [0.2, 0.25) is 5.02 Å². The summed E-state index contributed by atoms with van der Waals surface area (Å²) in [7, 11) is 0. The van der Waals surface area contributed by atoms with Gasteiger partial charge in [-0.2, -0.15) is 0 Å². The molecule has 0 spiro atoms. The summed E-state index contributed by atoms with van der Waals surface area (Å²) < 4.78 is 0. The monoisotopic (exact) mass is 252 g/mol. The molecule has 3 nitrogen and oxygen atoms in total. The number of para-hydroxylation sites is 1. The van der Waals surface area contributed by atoms with Crippen LogP contribution in [0.3, 0.4) is 0 Å². The van der Waals surface area contributed by atoms with Crippen LogP contribution in [0, 0.1) is 11.8 Å². The SMILES string of the molecule is NC[C@H]1CCC[C@H]1C(=O)Nc1ccccc1Cl.